The first kappa shape index (κ1) is 22.5. The highest BCUT2D eigenvalue weighted by Crippen LogP contribution is 2.29. The van der Waals surface area contributed by atoms with Crippen molar-refractivity contribution < 1.29 is 13.9 Å². The topological polar surface area (TPSA) is 60.3 Å². The van der Waals surface area contributed by atoms with Gasteiger partial charge >= 0.3 is 0 Å². The molecule has 1 heterocycles. The number of carbonyl (C=O) groups is 1. The first-order chi connectivity index (χ1) is 16.1. The summed E-state index contributed by atoms with van der Waals surface area (Å²) < 4.78 is 21.2. The van der Waals surface area contributed by atoms with Crippen molar-refractivity contribution in [2.45, 2.75) is 11.7 Å². The fourth-order valence-corrected chi connectivity index (χ4v) is 4.22. The number of hydrogen-bond donors (Lipinski definition) is 0. The fourth-order valence-electron chi connectivity index (χ4n) is 3.33. The van der Waals surface area contributed by atoms with Crippen molar-refractivity contribution in [3.05, 3.63) is 90.2 Å². The molecule has 8 heteroatoms. The minimum absolute atomic E-state index is 0.131. The second kappa shape index (κ2) is 10.3. The van der Waals surface area contributed by atoms with Gasteiger partial charge in [-0.1, -0.05) is 60.3 Å². The van der Waals surface area contributed by atoms with Gasteiger partial charge in [0.1, 0.15) is 11.6 Å². The van der Waals surface area contributed by atoms with Crippen LogP contribution in [0.25, 0.3) is 17.1 Å². The number of methoxy groups -OCH3 is 1. The third kappa shape index (κ3) is 5.23. The number of ether oxygens (including phenoxy) is 1. The van der Waals surface area contributed by atoms with E-state index in [1.807, 2.05) is 59.2 Å². The largest absolute Gasteiger partial charge is 0.497 e. The summed E-state index contributed by atoms with van der Waals surface area (Å²) in [6, 6.07) is 23.8. The zero-order valence-electron chi connectivity index (χ0n) is 18.3. The van der Waals surface area contributed by atoms with E-state index in [4.69, 9.17) is 4.74 Å². The van der Waals surface area contributed by atoms with Crippen LogP contribution in [0.3, 0.4) is 0 Å². The van der Waals surface area contributed by atoms with Gasteiger partial charge in [-0.2, -0.15) is 0 Å². The summed E-state index contributed by atoms with van der Waals surface area (Å²) in [7, 11) is 3.28. The number of halogens is 1. The summed E-state index contributed by atoms with van der Waals surface area (Å²) in [4.78, 5) is 14.3. The zero-order chi connectivity index (χ0) is 23.2. The van der Waals surface area contributed by atoms with Gasteiger partial charge in [0.25, 0.3) is 0 Å². The van der Waals surface area contributed by atoms with Gasteiger partial charge in [-0.3, -0.25) is 9.36 Å². The van der Waals surface area contributed by atoms with Crippen molar-refractivity contribution in [1.82, 2.24) is 19.7 Å². The lowest BCUT2D eigenvalue weighted by atomic mass is 10.2. The van der Waals surface area contributed by atoms with Gasteiger partial charge in [0, 0.05) is 30.4 Å². The Labute approximate surface area is 196 Å². The molecule has 0 atom stereocenters. The quantitative estimate of drug-likeness (QED) is 0.351. The Morgan fingerprint density at radius 1 is 1.03 bits per heavy atom. The van der Waals surface area contributed by atoms with E-state index in [2.05, 4.69) is 10.2 Å². The molecule has 3 aromatic carbocycles. The molecule has 0 radical (unpaired) electrons. The van der Waals surface area contributed by atoms with Gasteiger partial charge in [0.15, 0.2) is 11.0 Å². The molecule has 6 nitrogen and oxygen atoms in total. The zero-order valence-corrected chi connectivity index (χ0v) is 19.1. The molecule has 1 aromatic heterocycles. The average molecular weight is 463 g/mol. The minimum Gasteiger partial charge on any atom is -0.497 e. The van der Waals surface area contributed by atoms with Gasteiger partial charge in [0.2, 0.25) is 5.91 Å². The van der Waals surface area contributed by atoms with Gasteiger partial charge in [0.05, 0.1) is 12.9 Å². The molecule has 0 aliphatic rings. The highest BCUT2D eigenvalue weighted by molar-refractivity contribution is 7.99. The lowest BCUT2D eigenvalue weighted by molar-refractivity contribution is -0.127. The van der Waals surface area contributed by atoms with Gasteiger partial charge in [-0.05, 0) is 30.3 Å². The molecule has 0 saturated heterocycles. The fraction of sp³-hybridized carbons (Fsp3) is 0.160. The van der Waals surface area contributed by atoms with Gasteiger partial charge < -0.3 is 9.64 Å². The molecule has 0 unspecified atom stereocenters. The van der Waals surface area contributed by atoms with E-state index in [1.165, 1.54) is 22.7 Å². The van der Waals surface area contributed by atoms with Crippen molar-refractivity contribution in [3.63, 3.8) is 0 Å². The maximum absolute atomic E-state index is 13.9. The van der Waals surface area contributed by atoms with Crippen molar-refractivity contribution in [2.75, 3.05) is 19.9 Å². The van der Waals surface area contributed by atoms with Gasteiger partial charge in [-0.25, -0.2) is 4.39 Å². The highest BCUT2D eigenvalue weighted by atomic mass is 32.2. The third-order valence-corrected chi connectivity index (χ3v) is 6.01. The molecule has 0 bridgehead atoms. The SMILES string of the molecule is COc1cccc(-c2nnc(SCC(=O)N(C)Cc3ccccc3F)n2-c2ccccc2)c1. The molecule has 4 aromatic rings. The summed E-state index contributed by atoms with van der Waals surface area (Å²) in [5.41, 5.74) is 2.21. The summed E-state index contributed by atoms with van der Waals surface area (Å²) in [5, 5.41) is 9.35. The second-order valence-corrected chi connectivity index (χ2v) is 8.28. The van der Waals surface area contributed by atoms with Crippen LogP contribution in [0.2, 0.25) is 0 Å². The number of aromatic nitrogens is 3. The first-order valence-electron chi connectivity index (χ1n) is 10.3. The lowest BCUT2D eigenvalue weighted by Crippen LogP contribution is -2.28. The predicted molar refractivity (Wildman–Crippen MR) is 127 cm³/mol. The Hall–Kier alpha value is -3.65. The first-order valence-corrected chi connectivity index (χ1v) is 11.3. The van der Waals surface area contributed by atoms with Crippen LogP contribution >= 0.6 is 11.8 Å². The molecule has 0 fully saturated rings. The Bertz CT molecular complexity index is 1250. The van der Waals surface area contributed by atoms with Crippen molar-refractivity contribution >= 4 is 17.7 Å². The summed E-state index contributed by atoms with van der Waals surface area (Å²) >= 11 is 1.29. The molecule has 1 amide bonds. The lowest BCUT2D eigenvalue weighted by Gasteiger charge is -2.17. The van der Waals surface area contributed by atoms with E-state index in [9.17, 15) is 9.18 Å². The number of para-hydroxylation sites is 1. The van der Waals surface area contributed by atoms with Crippen LogP contribution in [0, 0.1) is 5.82 Å². The number of hydrogen-bond acceptors (Lipinski definition) is 5. The number of thioether (sulfide) groups is 1. The molecule has 4 rings (SSSR count). The third-order valence-electron chi connectivity index (χ3n) is 5.09. The van der Waals surface area contributed by atoms with E-state index in [0.717, 1.165) is 11.3 Å². The summed E-state index contributed by atoms with van der Waals surface area (Å²) in [5.74, 6) is 1.06. The maximum Gasteiger partial charge on any atom is 0.233 e. The molecule has 0 aliphatic heterocycles. The normalized spacial score (nSPS) is 10.8. The molecule has 0 spiro atoms. The highest BCUT2D eigenvalue weighted by Gasteiger charge is 2.19. The van der Waals surface area contributed by atoms with E-state index >= 15 is 0 Å². The summed E-state index contributed by atoms with van der Waals surface area (Å²) in [6.45, 7) is 0.201. The molecule has 0 saturated carbocycles. The molecular formula is C25H23FN4O2S. The van der Waals surface area contributed by atoms with Crippen LogP contribution in [0.15, 0.2) is 84.0 Å². The van der Waals surface area contributed by atoms with E-state index in [0.29, 0.717) is 22.3 Å². The standard InChI is InChI=1S/C25H23FN4O2S/c1-29(16-19-9-6-7-14-22(19)26)23(31)17-33-25-28-27-24(18-10-8-13-21(15-18)32-2)30(25)20-11-4-3-5-12-20/h3-15H,16-17H2,1-2H3. The number of benzene rings is 3. The smallest absolute Gasteiger partial charge is 0.233 e. The van der Waals surface area contributed by atoms with Crippen molar-refractivity contribution in [3.8, 4) is 22.8 Å². The van der Waals surface area contributed by atoms with Crippen LogP contribution in [-0.2, 0) is 11.3 Å². The number of carbonyl (C=O) groups excluding carboxylic acids is 1. The molecule has 168 valence electrons. The molecule has 33 heavy (non-hydrogen) atoms. The van der Waals surface area contributed by atoms with Crippen LogP contribution in [0.5, 0.6) is 5.75 Å². The van der Waals surface area contributed by atoms with E-state index in [1.54, 1.807) is 32.4 Å². The number of nitrogens with zero attached hydrogens (tertiary/aromatic N) is 4. The Morgan fingerprint density at radius 3 is 2.55 bits per heavy atom. The van der Waals surface area contributed by atoms with Crippen molar-refractivity contribution in [2.24, 2.45) is 0 Å². The maximum atomic E-state index is 13.9. The van der Waals surface area contributed by atoms with E-state index in [-0.39, 0.29) is 24.0 Å². The number of amides is 1. The Morgan fingerprint density at radius 2 is 1.79 bits per heavy atom. The van der Waals surface area contributed by atoms with Gasteiger partial charge in [-0.15, -0.1) is 10.2 Å². The molecule has 0 aliphatic carbocycles. The van der Waals surface area contributed by atoms with Crippen LogP contribution in [-0.4, -0.2) is 45.5 Å². The van der Waals surface area contributed by atoms with Crippen molar-refractivity contribution in [1.29, 1.82) is 0 Å². The van der Waals surface area contributed by atoms with Crippen LogP contribution in [0.1, 0.15) is 5.56 Å². The molecule has 0 N–H and O–H groups in total. The monoisotopic (exact) mass is 462 g/mol. The average Bonchev–Trinajstić information content (AvgIpc) is 3.28. The Balaban J connectivity index is 1.57. The molecular weight excluding hydrogens is 439 g/mol. The van der Waals surface area contributed by atoms with Crippen LogP contribution < -0.4 is 4.74 Å². The predicted octanol–water partition coefficient (Wildman–Crippen LogP) is 4.83. The second-order valence-electron chi connectivity index (χ2n) is 7.34. The minimum atomic E-state index is -0.323. The van der Waals surface area contributed by atoms with Crippen LogP contribution in [0.4, 0.5) is 4.39 Å². The Kier molecular flexibility index (Phi) is 7.04. The summed E-state index contributed by atoms with van der Waals surface area (Å²) in [6.07, 6.45) is 0. The van der Waals surface area contributed by atoms with E-state index < -0.39 is 0 Å². The number of rotatable bonds is 8.